The molecule has 168 valence electrons. The second-order valence-electron chi connectivity index (χ2n) is 7.96. The monoisotopic (exact) mass is 462 g/mol. The standard InChI is InChI=1S/C25H23FN4O2S/c26-21-10-8-19(9-11-21)24-27-28-25(32-24)33-17-23(31)30-14-12-29(13-15-30)16-20-6-3-5-18-4-1-2-7-22(18)20/h1-11H,12-17H2. The third-order valence-corrected chi connectivity index (χ3v) is 6.62. The fraction of sp³-hybridized carbons (Fsp3) is 0.240. The van der Waals surface area contributed by atoms with Crippen molar-refractivity contribution in [3.63, 3.8) is 0 Å². The molecule has 6 nitrogen and oxygen atoms in total. The average molecular weight is 463 g/mol. The molecular weight excluding hydrogens is 439 g/mol. The fourth-order valence-corrected chi connectivity index (χ4v) is 4.68. The second-order valence-corrected chi connectivity index (χ2v) is 8.89. The van der Waals surface area contributed by atoms with Crippen LogP contribution in [0.2, 0.25) is 0 Å². The molecule has 0 aliphatic carbocycles. The summed E-state index contributed by atoms with van der Waals surface area (Å²) in [6.45, 7) is 3.97. The number of hydrogen-bond acceptors (Lipinski definition) is 6. The van der Waals surface area contributed by atoms with Gasteiger partial charge in [0.2, 0.25) is 11.8 Å². The van der Waals surface area contributed by atoms with Gasteiger partial charge in [-0.3, -0.25) is 9.69 Å². The van der Waals surface area contributed by atoms with Gasteiger partial charge < -0.3 is 9.32 Å². The summed E-state index contributed by atoms with van der Waals surface area (Å²) >= 11 is 1.23. The molecule has 0 spiro atoms. The minimum absolute atomic E-state index is 0.0614. The van der Waals surface area contributed by atoms with Crippen LogP contribution in [0, 0.1) is 5.82 Å². The lowest BCUT2D eigenvalue weighted by Crippen LogP contribution is -2.48. The molecular formula is C25H23FN4O2S. The summed E-state index contributed by atoms with van der Waals surface area (Å²) < 4.78 is 18.7. The van der Waals surface area contributed by atoms with E-state index in [1.807, 2.05) is 4.90 Å². The second kappa shape index (κ2) is 9.72. The molecule has 0 atom stereocenters. The number of carbonyl (C=O) groups excluding carboxylic acids is 1. The first-order valence-corrected chi connectivity index (χ1v) is 11.8. The van der Waals surface area contributed by atoms with Crippen molar-refractivity contribution in [2.45, 2.75) is 11.8 Å². The molecule has 1 aliphatic heterocycles. The number of thioether (sulfide) groups is 1. The van der Waals surface area contributed by atoms with Gasteiger partial charge in [0.1, 0.15) is 5.82 Å². The number of hydrogen-bond donors (Lipinski definition) is 0. The predicted octanol–water partition coefficient (Wildman–Crippen LogP) is 4.47. The number of aromatic nitrogens is 2. The van der Waals surface area contributed by atoms with E-state index in [1.165, 1.54) is 40.2 Å². The molecule has 1 aromatic heterocycles. The Kier molecular flexibility index (Phi) is 6.37. The summed E-state index contributed by atoms with van der Waals surface area (Å²) in [6, 6.07) is 20.7. The van der Waals surface area contributed by atoms with Crippen LogP contribution in [0.5, 0.6) is 0 Å². The predicted molar refractivity (Wildman–Crippen MR) is 126 cm³/mol. The van der Waals surface area contributed by atoms with Crippen LogP contribution in [-0.2, 0) is 11.3 Å². The zero-order chi connectivity index (χ0) is 22.6. The van der Waals surface area contributed by atoms with Gasteiger partial charge in [-0.25, -0.2) is 4.39 Å². The van der Waals surface area contributed by atoms with E-state index in [2.05, 4.69) is 57.6 Å². The fourth-order valence-electron chi connectivity index (χ4n) is 4.02. The Morgan fingerprint density at radius 3 is 2.52 bits per heavy atom. The molecule has 0 saturated carbocycles. The Hall–Kier alpha value is -3.23. The van der Waals surface area contributed by atoms with Gasteiger partial charge in [-0.1, -0.05) is 54.2 Å². The van der Waals surface area contributed by atoms with Crippen LogP contribution in [0.1, 0.15) is 5.56 Å². The quantitative estimate of drug-likeness (QED) is 0.394. The van der Waals surface area contributed by atoms with E-state index in [0.717, 1.165) is 19.6 Å². The van der Waals surface area contributed by atoms with E-state index in [0.29, 0.717) is 29.8 Å². The number of halogens is 1. The Morgan fingerprint density at radius 1 is 0.939 bits per heavy atom. The molecule has 4 aromatic rings. The van der Waals surface area contributed by atoms with Crippen molar-refractivity contribution in [2.75, 3.05) is 31.9 Å². The minimum atomic E-state index is -0.323. The maximum Gasteiger partial charge on any atom is 0.277 e. The van der Waals surface area contributed by atoms with E-state index in [1.54, 1.807) is 12.1 Å². The topological polar surface area (TPSA) is 62.5 Å². The first kappa shape index (κ1) is 21.6. The summed E-state index contributed by atoms with van der Waals surface area (Å²) in [6.07, 6.45) is 0. The van der Waals surface area contributed by atoms with Gasteiger partial charge in [-0.15, -0.1) is 10.2 Å². The number of piperazine rings is 1. The summed E-state index contributed by atoms with van der Waals surface area (Å²) in [5.41, 5.74) is 1.96. The van der Waals surface area contributed by atoms with Gasteiger partial charge in [-0.2, -0.15) is 0 Å². The molecule has 1 aliphatic rings. The van der Waals surface area contributed by atoms with Gasteiger partial charge in [0.15, 0.2) is 0 Å². The molecule has 2 heterocycles. The summed E-state index contributed by atoms with van der Waals surface area (Å²) in [5.74, 6) is 0.294. The van der Waals surface area contributed by atoms with Crippen LogP contribution < -0.4 is 0 Å². The van der Waals surface area contributed by atoms with Crippen LogP contribution in [-0.4, -0.2) is 57.8 Å². The van der Waals surface area contributed by atoms with Gasteiger partial charge in [0.25, 0.3) is 5.22 Å². The van der Waals surface area contributed by atoms with Crippen molar-refractivity contribution in [1.29, 1.82) is 0 Å². The van der Waals surface area contributed by atoms with Crippen molar-refractivity contribution in [1.82, 2.24) is 20.0 Å². The Balaban J connectivity index is 1.12. The minimum Gasteiger partial charge on any atom is -0.411 e. The van der Waals surface area contributed by atoms with Gasteiger partial charge in [0.05, 0.1) is 5.75 Å². The molecule has 8 heteroatoms. The third-order valence-electron chi connectivity index (χ3n) is 5.82. The van der Waals surface area contributed by atoms with Crippen LogP contribution in [0.3, 0.4) is 0 Å². The van der Waals surface area contributed by atoms with Crippen LogP contribution in [0.15, 0.2) is 76.4 Å². The zero-order valence-electron chi connectivity index (χ0n) is 18.0. The largest absolute Gasteiger partial charge is 0.411 e. The molecule has 5 rings (SSSR count). The van der Waals surface area contributed by atoms with Gasteiger partial charge >= 0.3 is 0 Å². The highest BCUT2D eigenvalue weighted by Gasteiger charge is 2.22. The summed E-state index contributed by atoms with van der Waals surface area (Å²) in [7, 11) is 0. The van der Waals surface area contributed by atoms with Gasteiger partial charge in [-0.05, 0) is 40.6 Å². The van der Waals surface area contributed by atoms with Crippen molar-refractivity contribution in [2.24, 2.45) is 0 Å². The van der Waals surface area contributed by atoms with E-state index in [-0.39, 0.29) is 17.5 Å². The molecule has 3 aromatic carbocycles. The molecule has 0 N–H and O–H groups in total. The number of nitrogens with zero attached hydrogens (tertiary/aromatic N) is 4. The van der Waals surface area contributed by atoms with Crippen LogP contribution in [0.4, 0.5) is 4.39 Å². The van der Waals surface area contributed by atoms with Crippen molar-refractivity contribution < 1.29 is 13.6 Å². The van der Waals surface area contributed by atoms with Gasteiger partial charge in [0, 0.05) is 38.3 Å². The zero-order valence-corrected chi connectivity index (χ0v) is 18.8. The highest BCUT2D eigenvalue weighted by atomic mass is 32.2. The first-order valence-electron chi connectivity index (χ1n) is 10.8. The SMILES string of the molecule is O=C(CSc1nnc(-c2ccc(F)cc2)o1)N1CCN(Cc2cccc3ccccc23)CC1. The average Bonchev–Trinajstić information content (AvgIpc) is 3.33. The van der Waals surface area contributed by atoms with Crippen molar-refractivity contribution in [3.8, 4) is 11.5 Å². The molecule has 0 unspecified atom stereocenters. The Bertz CT molecular complexity index is 1250. The molecule has 1 saturated heterocycles. The maximum atomic E-state index is 13.1. The lowest BCUT2D eigenvalue weighted by atomic mass is 10.0. The molecule has 1 fully saturated rings. The maximum absolute atomic E-state index is 13.1. The van der Waals surface area contributed by atoms with Crippen LogP contribution in [0.25, 0.3) is 22.2 Å². The van der Waals surface area contributed by atoms with Crippen molar-refractivity contribution >= 4 is 28.4 Å². The number of benzene rings is 3. The lowest BCUT2D eigenvalue weighted by molar-refractivity contribution is -0.130. The number of fused-ring (bicyclic) bond motifs is 1. The highest BCUT2D eigenvalue weighted by Crippen LogP contribution is 2.24. The highest BCUT2D eigenvalue weighted by molar-refractivity contribution is 7.99. The van der Waals surface area contributed by atoms with Crippen LogP contribution >= 0.6 is 11.8 Å². The number of carbonyl (C=O) groups is 1. The first-order chi connectivity index (χ1) is 16.2. The summed E-state index contributed by atoms with van der Waals surface area (Å²) in [5, 5.41) is 10.8. The molecule has 0 radical (unpaired) electrons. The summed E-state index contributed by atoms with van der Waals surface area (Å²) in [4.78, 5) is 17.0. The van der Waals surface area contributed by atoms with E-state index >= 15 is 0 Å². The smallest absolute Gasteiger partial charge is 0.277 e. The normalized spacial score (nSPS) is 14.6. The molecule has 0 bridgehead atoms. The lowest BCUT2D eigenvalue weighted by Gasteiger charge is -2.34. The van der Waals surface area contributed by atoms with Crippen molar-refractivity contribution in [3.05, 3.63) is 78.1 Å². The van der Waals surface area contributed by atoms with E-state index in [4.69, 9.17) is 4.42 Å². The van der Waals surface area contributed by atoms with E-state index in [9.17, 15) is 9.18 Å². The van der Waals surface area contributed by atoms with E-state index < -0.39 is 0 Å². The third kappa shape index (κ3) is 5.07. The molecule has 33 heavy (non-hydrogen) atoms. The number of amides is 1. The molecule has 1 amide bonds. The Morgan fingerprint density at radius 2 is 1.70 bits per heavy atom. The Labute approximate surface area is 195 Å². The number of rotatable bonds is 6.